The van der Waals surface area contributed by atoms with Gasteiger partial charge in [-0.05, 0) is 36.2 Å². The van der Waals surface area contributed by atoms with Gasteiger partial charge in [0.15, 0.2) is 6.61 Å². The van der Waals surface area contributed by atoms with Gasteiger partial charge in [0.2, 0.25) is 0 Å². The Morgan fingerprint density at radius 2 is 1.72 bits per heavy atom. The summed E-state index contributed by atoms with van der Waals surface area (Å²) in [6.45, 7) is 2.29. The third-order valence-corrected chi connectivity index (χ3v) is 3.86. The molecule has 2 aromatic carbocycles. The van der Waals surface area contributed by atoms with Crippen LogP contribution in [0.4, 0.5) is 13.2 Å². The molecule has 2 aromatic rings. The standard InChI is InChI=1S/C19H20F3NO2/c1-2-14(15-6-4-3-5-7-15)12-23-18(24)13-25-17-10-8-16(9-11-17)19(20,21)22/h3-11,14H,2,12-13H2,1H3,(H,23,24). The van der Waals surface area contributed by atoms with Crippen LogP contribution >= 0.6 is 0 Å². The van der Waals surface area contributed by atoms with E-state index in [-0.39, 0.29) is 24.2 Å². The highest BCUT2D eigenvalue weighted by Gasteiger charge is 2.30. The second-order valence-corrected chi connectivity index (χ2v) is 5.63. The summed E-state index contributed by atoms with van der Waals surface area (Å²) in [4.78, 5) is 11.9. The lowest BCUT2D eigenvalue weighted by molar-refractivity contribution is -0.137. The first-order chi connectivity index (χ1) is 11.9. The van der Waals surface area contributed by atoms with Crippen LogP contribution in [0.25, 0.3) is 0 Å². The SMILES string of the molecule is CCC(CNC(=O)COc1ccc(C(F)(F)F)cc1)c1ccccc1. The van der Waals surface area contributed by atoms with E-state index in [1.807, 2.05) is 37.3 Å². The Hall–Kier alpha value is -2.50. The van der Waals surface area contributed by atoms with Gasteiger partial charge in [-0.2, -0.15) is 13.2 Å². The Bertz CT molecular complexity index is 669. The van der Waals surface area contributed by atoms with Crippen molar-refractivity contribution in [2.75, 3.05) is 13.2 Å². The van der Waals surface area contributed by atoms with Gasteiger partial charge in [0.05, 0.1) is 5.56 Å². The molecule has 134 valence electrons. The number of carbonyl (C=O) groups is 1. The van der Waals surface area contributed by atoms with Crippen LogP contribution in [0, 0.1) is 0 Å². The predicted molar refractivity (Wildman–Crippen MR) is 89.4 cm³/mol. The number of alkyl halides is 3. The van der Waals surface area contributed by atoms with Crippen molar-refractivity contribution in [1.82, 2.24) is 5.32 Å². The van der Waals surface area contributed by atoms with Crippen LogP contribution < -0.4 is 10.1 Å². The van der Waals surface area contributed by atoms with Crippen molar-refractivity contribution in [3.63, 3.8) is 0 Å². The average molecular weight is 351 g/mol. The smallest absolute Gasteiger partial charge is 0.416 e. The average Bonchev–Trinajstić information content (AvgIpc) is 2.61. The normalized spacial score (nSPS) is 12.5. The molecule has 0 saturated heterocycles. The third kappa shape index (κ3) is 5.81. The van der Waals surface area contributed by atoms with Crippen molar-refractivity contribution < 1.29 is 22.7 Å². The van der Waals surface area contributed by atoms with Crippen LogP contribution in [0.15, 0.2) is 54.6 Å². The zero-order valence-electron chi connectivity index (χ0n) is 13.8. The lowest BCUT2D eigenvalue weighted by atomic mass is 9.96. The highest BCUT2D eigenvalue weighted by molar-refractivity contribution is 5.77. The highest BCUT2D eigenvalue weighted by atomic mass is 19.4. The molecule has 0 radical (unpaired) electrons. The molecule has 0 heterocycles. The van der Waals surface area contributed by atoms with E-state index in [2.05, 4.69) is 5.32 Å². The molecule has 1 N–H and O–H groups in total. The summed E-state index contributed by atoms with van der Waals surface area (Å²) in [5.41, 5.74) is 0.395. The van der Waals surface area contributed by atoms with Crippen LogP contribution in [-0.2, 0) is 11.0 Å². The lowest BCUT2D eigenvalue weighted by Crippen LogP contribution is -2.32. The summed E-state index contributed by atoms with van der Waals surface area (Å²) in [5, 5.41) is 2.79. The van der Waals surface area contributed by atoms with E-state index in [0.717, 1.165) is 24.1 Å². The molecule has 3 nitrogen and oxygen atoms in total. The van der Waals surface area contributed by atoms with Gasteiger partial charge in [-0.3, -0.25) is 4.79 Å². The Balaban J connectivity index is 1.80. The molecule has 6 heteroatoms. The van der Waals surface area contributed by atoms with Crippen LogP contribution in [-0.4, -0.2) is 19.1 Å². The number of nitrogens with one attached hydrogen (secondary N) is 1. The van der Waals surface area contributed by atoms with Crippen LogP contribution in [0.2, 0.25) is 0 Å². The van der Waals surface area contributed by atoms with Gasteiger partial charge < -0.3 is 10.1 Å². The monoisotopic (exact) mass is 351 g/mol. The quantitative estimate of drug-likeness (QED) is 0.803. The van der Waals surface area contributed by atoms with E-state index in [1.54, 1.807) is 0 Å². The molecule has 0 spiro atoms. The van der Waals surface area contributed by atoms with Crippen molar-refractivity contribution in [1.29, 1.82) is 0 Å². The Morgan fingerprint density at radius 3 is 2.28 bits per heavy atom. The number of carbonyl (C=O) groups excluding carboxylic acids is 1. The summed E-state index contributed by atoms with van der Waals surface area (Å²) in [7, 11) is 0. The summed E-state index contributed by atoms with van der Waals surface area (Å²) in [6.07, 6.45) is -3.51. The number of ether oxygens (including phenoxy) is 1. The van der Waals surface area contributed by atoms with Gasteiger partial charge in [-0.1, -0.05) is 37.3 Å². The molecule has 2 rings (SSSR count). The molecule has 0 aliphatic rings. The summed E-state index contributed by atoms with van der Waals surface area (Å²) < 4.78 is 42.7. The molecule has 0 aliphatic heterocycles. The Labute approximate surface area is 144 Å². The molecule has 0 aliphatic carbocycles. The van der Waals surface area contributed by atoms with Crippen LogP contribution in [0.5, 0.6) is 5.75 Å². The van der Waals surface area contributed by atoms with E-state index < -0.39 is 11.7 Å². The predicted octanol–water partition coefficient (Wildman–Crippen LogP) is 4.39. The van der Waals surface area contributed by atoms with Crippen molar-refractivity contribution in [2.45, 2.75) is 25.4 Å². The second-order valence-electron chi connectivity index (χ2n) is 5.63. The molecule has 0 saturated carbocycles. The molecule has 1 atom stereocenters. The lowest BCUT2D eigenvalue weighted by Gasteiger charge is -2.16. The van der Waals surface area contributed by atoms with Gasteiger partial charge >= 0.3 is 6.18 Å². The summed E-state index contributed by atoms with van der Waals surface area (Å²) >= 11 is 0. The summed E-state index contributed by atoms with van der Waals surface area (Å²) in [5.74, 6) is 0.115. The van der Waals surface area contributed by atoms with E-state index in [0.29, 0.717) is 6.54 Å². The van der Waals surface area contributed by atoms with E-state index in [4.69, 9.17) is 4.74 Å². The molecular formula is C19H20F3NO2. The number of amides is 1. The van der Waals surface area contributed by atoms with Crippen LogP contribution in [0.3, 0.4) is 0 Å². The van der Waals surface area contributed by atoms with Gasteiger partial charge in [0, 0.05) is 12.5 Å². The van der Waals surface area contributed by atoms with Gasteiger partial charge in [0.1, 0.15) is 5.75 Å². The first-order valence-electron chi connectivity index (χ1n) is 8.02. The maximum atomic E-state index is 12.5. The van der Waals surface area contributed by atoms with Crippen molar-refractivity contribution in [3.8, 4) is 5.75 Å². The zero-order valence-corrected chi connectivity index (χ0v) is 13.8. The molecule has 25 heavy (non-hydrogen) atoms. The Kier molecular flexibility index (Phi) is 6.44. The summed E-state index contributed by atoms with van der Waals surface area (Å²) in [6, 6.07) is 14.1. The minimum Gasteiger partial charge on any atom is -0.484 e. The molecule has 1 amide bonds. The number of halogens is 3. The number of hydrogen-bond donors (Lipinski definition) is 1. The molecule has 1 unspecified atom stereocenters. The van der Waals surface area contributed by atoms with Crippen molar-refractivity contribution in [3.05, 3.63) is 65.7 Å². The number of benzene rings is 2. The minimum absolute atomic E-state index is 0.205. The van der Waals surface area contributed by atoms with Gasteiger partial charge in [-0.15, -0.1) is 0 Å². The van der Waals surface area contributed by atoms with E-state index >= 15 is 0 Å². The highest BCUT2D eigenvalue weighted by Crippen LogP contribution is 2.30. The van der Waals surface area contributed by atoms with Gasteiger partial charge in [0.25, 0.3) is 5.91 Å². The second kappa shape index (κ2) is 8.55. The van der Waals surface area contributed by atoms with E-state index in [1.165, 1.54) is 12.1 Å². The number of rotatable bonds is 7. The van der Waals surface area contributed by atoms with Gasteiger partial charge in [-0.25, -0.2) is 0 Å². The largest absolute Gasteiger partial charge is 0.484 e. The fraction of sp³-hybridized carbons (Fsp3) is 0.316. The molecule has 0 fully saturated rings. The van der Waals surface area contributed by atoms with Crippen molar-refractivity contribution in [2.24, 2.45) is 0 Å². The first kappa shape index (κ1) is 18.8. The third-order valence-electron chi connectivity index (χ3n) is 3.86. The molecule has 0 bridgehead atoms. The van der Waals surface area contributed by atoms with E-state index in [9.17, 15) is 18.0 Å². The number of hydrogen-bond acceptors (Lipinski definition) is 2. The van der Waals surface area contributed by atoms with Crippen molar-refractivity contribution >= 4 is 5.91 Å². The zero-order chi connectivity index (χ0) is 18.3. The fourth-order valence-corrected chi connectivity index (χ4v) is 2.40. The molecular weight excluding hydrogens is 331 g/mol. The topological polar surface area (TPSA) is 38.3 Å². The maximum Gasteiger partial charge on any atom is 0.416 e. The first-order valence-corrected chi connectivity index (χ1v) is 8.02. The molecule has 0 aromatic heterocycles. The maximum absolute atomic E-state index is 12.5. The van der Waals surface area contributed by atoms with Crippen LogP contribution in [0.1, 0.15) is 30.4 Å². The Morgan fingerprint density at radius 1 is 1.08 bits per heavy atom. The minimum atomic E-state index is -4.39. The fourth-order valence-electron chi connectivity index (χ4n) is 2.40.